The molecule has 13 heteroatoms. The van der Waals surface area contributed by atoms with Crippen LogP contribution in [0, 0.1) is 11.7 Å². The number of aromatic nitrogens is 1. The number of halogens is 2. The van der Waals surface area contributed by atoms with Gasteiger partial charge in [-0.25, -0.2) is 9.18 Å². The lowest BCUT2D eigenvalue weighted by molar-refractivity contribution is -0.135. The second-order valence-electron chi connectivity index (χ2n) is 8.12. The zero-order chi connectivity index (χ0) is 25.7. The first-order valence-corrected chi connectivity index (χ1v) is 12.6. The Morgan fingerprint density at radius 3 is 2.33 bits per heavy atom. The average Bonchev–Trinajstić information content (AvgIpc) is 3.27. The van der Waals surface area contributed by atoms with Gasteiger partial charge < -0.3 is 11.1 Å². The van der Waals surface area contributed by atoms with Crippen LogP contribution in [0.15, 0.2) is 58.4 Å². The van der Waals surface area contributed by atoms with E-state index in [1.54, 1.807) is 24.3 Å². The number of thiazole rings is 1. The van der Waals surface area contributed by atoms with Crippen LogP contribution in [0.25, 0.3) is 0 Å². The van der Waals surface area contributed by atoms with Crippen molar-refractivity contribution in [3.8, 4) is 0 Å². The Balaban J connectivity index is 1.55. The van der Waals surface area contributed by atoms with E-state index in [9.17, 15) is 28.4 Å². The number of amides is 5. The molecule has 5 rings (SSSR count). The van der Waals surface area contributed by atoms with Gasteiger partial charge in [-0.3, -0.25) is 23.7 Å². The van der Waals surface area contributed by atoms with Gasteiger partial charge in [0.15, 0.2) is 0 Å². The highest BCUT2D eigenvalue weighted by Crippen LogP contribution is 2.53. The van der Waals surface area contributed by atoms with Gasteiger partial charge in [-0.1, -0.05) is 46.8 Å². The van der Waals surface area contributed by atoms with E-state index in [1.807, 2.05) is 0 Å². The molecule has 0 unspecified atom stereocenters. The number of urea groups is 1. The number of benzene rings is 2. The lowest BCUT2D eigenvalue weighted by atomic mass is 9.83. The molecule has 3 atom stereocenters. The highest BCUT2D eigenvalue weighted by Gasteiger charge is 2.57. The summed E-state index contributed by atoms with van der Waals surface area (Å²) in [5, 5.41) is 2.39. The number of carbonyl (C=O) groups is 4. The molecule has 3 N–H and O–H groups in total. The molecule has 2 aromatic carbocycles. The summed E-state index contributed by atoms with van der Waals surface area (Å²) in [5.41, 5.74) is 6.27. The van der Waals surface area contributed by atoms with E-state index >= 15 is 0 Å². The van der Waals surface area contributed by atoms with Crippen LogP contribution in [0.2, 0.25) is 5.02 Å². The van der Waals surface area contributed by atoms with Crippen LogP contribution in [0.4, 0.5) is 14.9 Å². The van der Waals surface area contributed by atoms with E-state index in [4.69, 9.17) is 17.3 Å². The Hall–Kier alpha value is -3.48. The number of nitrogens with two attached hydrogens (primary N) is 1. The standard InChI is InChI=1S/C23H16ClFN4O5S2/c24-11-3-1-10(2-4-11)15-16-17(20(32)29(19(16)31)22(26)33)35-21-18(15)36-23(34)28(21)9-14(30)27-13-7-5-12(25)6-8-13/h1-8,15-17H,9H2,(H2,26,33)(H,27,30)/t15-,16+,17-/m0/s1. The molecule has 0 bridgehead atoms. The molecular formula is C23H16ClFN4O5S2. The van der Waals surface area contributed by atoms with Crippen LogP contribution in [-0.2, 0) is 20.9 Å². The summed E-state index contributed by atoms with van der Waals surface area (Å²) < 4.78 is 14.4. The summed E-state index contributed by atoms with van der Waals surface area (Å²) in [7, 11) is 0. The summed E-state index contributed by atoms with van der Waals surface area (Å²) in [6, 6.07) is 10.6. The molecule has 0 radical (unpaired) electrons. The van der Waals surface area contributed by atoms with Crippen LogP contribution in [0.5, 0.6) is 0 Å². The maximum Gasteiger partial charge on any atom is 0.328 e. The quantitative estimate of drug-likeness (QED) is 0.484. The maximum absolute atomic E-state index is 13.2. The van der Waals surface area contributed by atoms with Gasteiger partial charge in [0.1, 0.15) is 17.6 Å². The van der Waals surface area contributed by atoms with Gasteiger partial charge in [0.25, 0.3) is 5.91 Å². The van der Waals surface area contributed by atoms with Crippen LogP contribution in [0.1, 0.15) is 16.4 Å². The SMILES string of the molecule is NC(=O)N1C(=O)[C@@H]2[C@H](c3ccc(Cl)cc3)c3sc(=O)n(CC(=O)Nc4ccc(F)cc4)c3S[C@@H]2C1=O. The highest BCUT2D eigenvalue weighted by atomic mass is 35.5. The molecule has 9 nitrogen and oxygen atoms in total. The van der Waals surface area contributed by atoms with Crippen molar-refractivity contribution in [1.82, 2.24) is 9.47 Å². The van der Waals surface area contributed by atoms with Gasteiger partial charge in [-0.05, 0) is 42.0 Å². The highest BCUT2D eigenvalue weighted by molar-refractivity contribution is 8.00. The molecule has 2 aliphatic rings. The van der Waals surface area contributed by atoms with E-state index in [2.05, 4.69) is 5.32 Å². The molecule has 36 heavy (non-hydrogen) atoms. The largest absolute Gasteiger partial charge is 0.351 e. The topological polar surface area (TPSA) is 132 Å². The van der Waals surface area contributed by atoms with E-state index in [-0.39, 0.29) is 6.54 Å². The van der Waals surface area contributed by atoms with Crippen molar-refractivity contribution >= 4 is 64.1 Å². The van der Waals surface area contributed by atoms with Crippen LogP contribution < -0.4 is 15.9 Å². The Morgan fingerprint density at radius 1 is 1.03 bits per heavy atom. The number of thioether (sulfide) groups is 1. The molecule has 0 aliphatic carbocycles. The summed E-state index contributed by atoms with van der Waals surface area (Å²) in [4.78, 5) is 64.2. The number of anilines is 1. The van der Waals surface area contributed by atoms with Gasteiger partial charge in [0.2, 0.25) is 11.8 Å². The van der Waals surface area contributed by atoms with Gasteiger partial charge in [0, 0.05) is 21.5 Å². The van der Waals surface area contributed by atoms with Gasteiger partial charge in [-0.2, -0.15) is 4.90 Å². The van der Waals surface area contributed by atoms with Crippen LogP contribution in [0.3, 0.4) is 0 Å². The molecule has 1 fully saturated rings. The molecule has 1 saturated heterocycles. The average molecular weight is 547 g/mol. The monoisotopic (exact) mass is 546 g/mol. The molecule has 5 amide bonds. The van der Waals surface area contributed by atoms with Crippen molar-refractivity contribution in [2.45, 2.75) is 22.7 Å². The predicted octanol–water partition coefficient (Wildman–Crippen LogP) is 3.01. The Morgan fingerprint density at radius 2 is 1.69 bits per heavy atom. The zero-order valence-electron chi connectivity index (χ0n) is 18.1. The lowest BCUT2D eigenvalue weighted by Gasteiger charge is -2.30. The third kappa shape index (κ3) is 4.10. The van der Waals surface area contributed by atoms with Crippen molar-refractivity contribution in [2.75, 3.05) is 5.32 Å². The molecule has 3 aromatic rings. The minimum Gasteiger partial charge on any atom is -0.351 e. The Bertz CT molecular complexity index is 1470. The molecule has 1 aromatic heterocycles. The van der Waals surface area contributed by atoms with Crippen molar-refractivity contribution in [3.63, 3.8) is 0 Å². The number of nitrogens with one attached hydrogen (secondary N) is 1. The van der Waals surface area contributed by atoms with Crippen molar-refractivity contribution in [2.24, 2.45) is 11.7 Å². The van der Waals surface area contributed by atoms with E-state index in [0.717, 1.165) is 23.1 Å². The molecule has 3 heterocycles. The number of hydrogen-bond acceptors (Lipinski definition) is 7. The number of rotatable bonds is 4. The van der Waals surface area contributed by atoms with Gasteiger partial charge in [-0.15, -0.1) is 0 Å². The summed E-state index contributed by atoms with van der Waals surface area (Å²) in [5.74, 6) is -4.21. The maximum atomic E-state index is 13.2. The normalized spacial score (nSPS) is 20.7. The summed E-state index contributed by atoms with van der Waals surface area (Å²) in [6.07, 6.45) is 0. The van der Waals surface area contributed by atoms with E-state index in [0.29, 0.717) is 31.1 Å². The van der Waals surface area contributed by atoms with Crippen molar-refractivity contribution < 1.29 is 23.6 Å². The summed E-state index contributed by atoms with van der Waals surface area (Å²) >= 11 is 7.85. The predicted molar refractivity (Wildman–Crippen MR) is 131 cm³/mol. The van der Waals surface area contributed by atoms with Gasteiger partial charge >= 0.3 is 10.9 Å². The number of carbonyl (C=O) groups excluding carboxylic acids is 4. The first kappa shape index (κ1) is 24.2. The third-order valence-corrected chi connectivity index (χ3v) is 8.78. The minimum atomic E-state index is -1.17. The number of likely N-dealkylation sites (tertiary alicyclic amines) is 1. The fraction of sp³-hybridized carbons (Fsp3) is 0.174. The van der Waals surface area contributed by atoms with Crippen molar-refractivity contribution in [3.05, 3.63) is 79.5 Å². The minimum absolute atomic E-state index is 0.346. The number of primary amides is 1. The molecule has 184 valence electrons. The van der Waals surface area contributed by atoms with E-state index in [1.165, 1.54) is 28.8 Å². The number of nitrogens with zero attached hydrogens (tertiary/aromatic N) is 2. The van der Waals surface area contributed by atoms with Crippen molar-refractivity contribution in [1.29, 1.82) is 0 Å². The summed E-state index contributed by atoms with van der Waals surface area (Å²) in [6.45, 7) is -0.374. The van der Waals surface area contributed by atoms with E-state index < -0.39 is 51.5 Å². The third-order valence-electron chi connectivity index (χ3n) is 5.93. The second-order valence-corrected chi connectivity index (χ2v) is 10.7. The first-order chi connectivity index (χ1) is 17.2. The number of imide groups is 3. The smallest absolute Gasteiger partial charge is 0.328 e. The Kier molecular flexibility index (Phi) is 6.18. The first-order valence-electron chi connectivity index (χ1n) is 10.5. The molecular weight excluding hydrogens is 531 g/mol. The van der Waals surface area contributed by atoms with Crippen LogP contribution in [-0.4, -0.2) is 38.5 Å². The molecule has 2 aliphatic heterocycles. The van der Waals surface area contributed by atoms with Gasteiger partial charge in [0.05, 0.1) is 10.9 Å². The zero-order valence-corrected chi connectivity index (χ0v) is 20.5. The fourth-order valence-electron chi connectivity index (χ4n) is 4.38. The molecule has 0 spiro atoms. The Labute approximate surface area is 216 Å². The van der Waals surface area contributed by atoms with Crippen LogP contribution >= 0.6 is 34.7 Å². The second kappa shape index (κ2) is 9.19. The lowest BCUT2D eigenvalue weighted by Crippen LogP contribution is -2.41. The number of fused-ring (bicyclic) bond motifs is 2. The number of hydrogen-bond donors (Lipinski definition) is 2. The molecule has 0 saturated carbocycles. The fourth-order valence-corrected chi connectivity index (χ4v) is 7.28.